The number of methoxy groups -OCH3 is 1. The third kappa shape index (κ3) is 1.52. The van der Waals surface area contributed by atoms with E-state index < -0.39 is 5.97 Å². The van der Waals surface area contributed by atoms with Gasteiger partial charge in [0.05, 0.1) is 12.7 Å². The van der Waals surface area contributed by atoms with Crippen LogP contribution < -0.4 is 4.74 Å². The second-order valence-electron chi connectivity index (χ2n) is 3.22. The zero-order chi connectivity index (χ0) is 11.0. The lowest BCUT2D eigenvalue weighted by Gasteiger charge is -2.01. The molecule has 0 radical (unpaired) electrons. The van der Waals surface area contributed by atoms with Crippen LogP contribution in [0.15, 0.2) is 18.3 Å². The molecule has 0 saturated heterocycles. The Labute approximate surface area is 85.9 Å². The Balaban J connectivity index is 2.76. The summed E-state index contributed by atoms with van der Waals surface area (Å²) in [5.74, 6) is -0.496. The van der Waals surface area contributed by atoms with Crippen LogP contribution in [0.3, 0.4) is 0 Å². The lowest BCUT2D eigenvalue weighted by Crippen LogP contribution is -1.97. The van der Waals surface area contributed by atoms with E-state index in [0.717, 1.165) is 5.39 Å². The molecule has 5 heteroatoms. The summed E-state index contributed by atoms with van der Waals surface area (Å²) in [5.41, 5.74) is 0.873. The van der Waals surface area contributed by atoms with Gasteiger partial charge in [0.1, 0.15) is 11.3 Å². The summed E-state index contributed by atoms with van der Waals surface area (Å²) in [4.78, 5) is 10.8. The highest BCUT2D eigenvalue weighted by Crippen LogP contribution is 2.25. The number of aromatic carboxylic acids is 1. The van der Waals surface area contributed by atoms with E-state index in [2.05, 4.69) is 5.10 Å². The maximum atomic E-state index is 10.8. The van der Waals surface area contributed by atoms with Crippen LogP contribution in [0.2, 0.25) is 0 Å². The quantitative estimate of drug-likeness (QED) is 0.803. The number of hydrogen-bond acceptors (Lipinski definition) is 3. The summed E-state index contributed by atoms with van der Waals surface area (Å²) in [6, 6.07) is 3.05. The Morgan fingerprint density at radius 3 is 2.87 bits per heavy atom. The number of carboxylic acids is 1. The fourth-order valence-corrected chi connectivity index (χ4v) is 1.50. The molecule has 1 N–H and O–H groups in total. The van der Waals surface area contributed by atoms with Crippen molar-refractivity contribution in [1.82, 2.24) is 9.78 Å². The molecule has 0 spiro atoms. The lowest BCUT2D eigenvalue weighted by molar-refractivity contribution is 0.0696. The van der Waals surface area contributed by atoms with E-state index in [0.29, 0.717) is 11.3 Å². The van der Waals surface area contributed by atoms with Crippen LogP contribution in [0.25, 0.3) is 10.9 Å². The number of hydrogen-bond donors (Lipinski definition) is 1. The molecule has 2 aromatic rings. The summed E-state index contributed by atoms with van der Waals surface area (Å²) in [5, 5.41) is 13.8. The van der Waals surface area contributed by atoms with E-state index in [1.165, 1.54) is 13.2 Å². The number of rotatable bonds is 2. The monoisotopic (exact) mass is 206 g/mol. The highest BCUT2D eigenvalue weighted by molar-refractivity contribution is 5.95. The van der Waals surface area contributed by atoms with Crippen LogP contribution in [0.4, 0.5) is 0 Å². The van der Waals surface area contributed by atoms with Crippen LogP contribution in [-0.2, 0) is 7.05 Å². The first-order valence-corrected chi connectivity index (χ1v) is 4.36. The van der Waals surface area contributed by atoms with Gasteiger partial charge in [-0.25, -0.2) is 4.79 Å². The molecular weight excluding hydrogens is 196 g/mol. The van der Waals surface area contributed by atoms with Gasteiger partial charge in [-0.2, -0.15) is 5.10 Å². The summed E-state index contributed by atoms with van der Waals surface area (Å²) < 4.78 is 6.72. The Hall–Kier alpha value is -2.04. The Morgan fingerprint density at radius 2 is 2.27 bits per heavy atom. The average Bonchev–Trinajstić information content (AvgIpc) is 2.56. The Kier molecular flexibility index (Phi) is 2.07. The summed E-state index contributed by atoms with van der Waals surface area (Å²) in [6.45, 7) is 0. The smallest absolute Gasteiger partial charge is 0.335 e. The number of carbonyl (C=O) groups is 1. The Bertz CT molecular complexity index is 531. The van der Waals surface area contributed by atoms with E-state index >= 15 is 0 Å². The van der Waals surface area contributed by atoms with Crippen molar-refractivity contribution in [3.63, 3.8) is 0 Å². The van der Waals surface area contributed by atoms with Crippen LogP contribution in [0.5, 0.6) is 5.75 Å². The van der Waals surface area contributed by atoms with Gasteiger partial charge < -0.3 is 9.84 Å². The van der Waals surface area contributed by atoms with E-state index in [4.69, 9.17) is 9.84 Å². The van der Waals surface area contributed by atoms with Crippen LogP contribution in [-0.4, -0.2) is 28.0 Å². The number of carboxylic acid groups (broad SMARTS) is 1. The topological polar surface area (TPSA) is 64.3 Å². The number of aromatic nitrogens is 2. The molecule has 1 aromatic carbocycles. The number of ether oxygens (including phenoxy) is 1. The van der Waals surface area contributed by atoms with Crippen LogP contribution in [0.1, 0.15) is 10.4 Å². The minimum Gasteiger partial charge on any atom is -0.494 e. The zero-order valence-electron chi connectivity index (χ0n) is 8.39. The lowest BCUT2D eigenvalue weighted by atomic mass is 10.1. The fraction of sp³-hybridized carbons (Fsp3) is 0.200. The summed E-state index contributed by atoms with van der Waals surface area (Å²) in [6.07, 6.45) is 1.75. The van der Waals surface area contributed by atoms with Gasteiger partial charge in [-0.05, 0) is 12.1 Å². The van der Waals surface area contributed by atoms with Gasteiger partial charge in [-0.15, -0.1) is 0 Å². The molecule has 1 heterocycles. The molecule has 0 amide bonds. The molecule has 0 aliphatic rings. The first-order chi connectivity index (χ1) is 7.11. The standard InChI is InChI=1S/C10H10N2O3/c1-12-5-7-3-6(10(13)14)4-8(15-2)9(7)11-12/h3-5H,1-2H3,(H,13,14). The molecule has 1 aromatic heterocycles. The predicted octanol–water partition coefficient (Wildman–Crippen LogP) is 1.28. The maximum Gasteiger partial charge on any atom is 0.335 e. The molecule has 15 heavy (non-hydrogen) atoms. The second kappa shape index (κ2) is 3.27. The first kappa shape index (κ1) is 9.51. The summed E-state index contributed by atoms with van der Waals surface area (Å²) >= 11 is 0. The van der Waals surface area contributed by atoms with E-state index in [-0.39, 0.29) is 5.56 Å². The molecule has 0 fully saturated rings. The molecule has 0 atom stereocenters. The van der Waals surface area contributed by atoms with E-state index in [9.17, 15) is 4.79 Å². The predicted molar refractivity (Wildman–Crippen MR) is 54.2 cm³/mol. The highest BCUT2D eigenvalue weighted by Gasteiger charge is 2.11. The SMILES string of the molecule is COc1cc(C(=O)O)cc2cn(C)nc12. The van der Waals surface area contributed by atoms with Crippen molar-refractivity contribution >= 4 is 16.9 Å². The van der Waals surface area contributed by atoms with E-state index in [1.807, 2.05) is 0 Å². The molecule has 0 bridgehead atoms. The molecule has 0 aliphatic carbocycles. The fourth-order valence-electron chi connectivity index (χ4n) is 1.50. The van der Waals surface area contributed by atoms with E-state index in [1.54, 1.807) is 24.0 Å². The van der Waals surface area contributed by atoms with Gasteiger partial charge >= 0.3 is 5.97 Å². The minimum atomic E-state index is -0.973. The zero-order valence-corrected chi connectivity index (χ0v) is 8.39. The molecule has 78 valence electrons. The van der Waals surface area contributed by atoms with Crippen molar-refractivity contribution in [1.29, 1.82) is 0 Å². The van der Waals surface area contributed by atoms with Gasteiger partial charge in [0.15, 0.2) is 0 Å². The van der Waals surface area contributed by atoms with Crippen molar-refractivity contribution in [3.8, 4) is 5.75 Å². The van der Waals surface area contributed by atoms with Crippen molar-refractivity contribution in [2.45, 2.75) is 0 Å². The molecule has 0 aliphatic heterocycles. The number of aryl methyl sites for hydroxylation is 1. The molecule has 0 saturated carbocycles. The van der Waals surface area contributed by atoms with Crippen molar-refractivity contribution in [3.05, 3.63) is 23.9 Å². The maximum absolute atomic E-state index is 10.8. The number of benzene rings is 1. The van der Waals surface area contributed by atoms with Crippen molar-refractivity contribution in [2.24, 2.45) is 7.05 Å². The van der Waals surface area contributed by atoms with Gasteiger partial charge in [-0.1, -0.05) is 0 Å². The molecule has 5 nitrogen and oxygen atoms in total. The Morgan fingerprint density at radius 1 is 1.53 bits per heavy atom. The van der Waals surface area contributed by atoms with Gasteiger partial charge in [-0.3, -0.25) is 4.68 Å². The molecule has 2 rings (SSSR count). The van der Waals surface area contributed by atoms with Gasteiger partial charge in [0, 0.05) is 18.6 Å². The highest BCUT2D eigenvalue weighted by atomic mass is 16.5. The minimum absolute atomic E-state index is 0.201. The van der Waals surface area contributed by atoms with Gasteiger partial charge in [0.25, 0.3) is 0 Å². The van der Waals surface area contributed by atoms with Gasteiger partial charge in [0.2, 0.25) is 0 Å². The number of fused-ring (bicyclic) bond motifs is 1. The molecular formula is C10H10N2O3. The van der Waals surface area contributed by atoms with Crippen molar-refractivity contribution in [2.75, 3.05) is 7.11 Å². The first-order valence-electron chi connectivity index (χ1n) is 4.36. The molecule has 0 unspecified atom stereocenters. The summed E-state index contributed by atoms with van der Waals surface area (Å²) in [7, 11) is 3.27. The van der Waals surface area contributed by atoms with Crippen molar-refractivity contribution < 1.29 is 14.6 Å². The third-order valence-electron chi connectivity index (χ3n) is 2.15. The van der Waals surface area contributed by atoms with Crippen LogP contribution in [0, 0.1) is 0 Å². The second-order valence-corrected chi connectivity index (χ2v) is 3.22. The third-order valence-corrected chi connectivity index (χ3v) is 2.15. The normalized spacial score (nSPS) is 10.5. The number of nitrogens with zero attached hydrogens (tertiary/aromatic N) is 2. The van der Waals surface area contributed by atoms with Crippen LogP contribution >= 0.6 is 0 Å². The largest absolute Gasteiger partial charge is 0.494 e. The average molecular weight is 206 g/mol.